The maximum Gasteiger partial charge on any atom is 0.470 e. The van der Waals surface area contributed by atoms with E-state index in [1.54, 1.807) is 0 Å². The van der Waals surface area contributed by atoms with Crippen LogP contribution in [0.5, 0.6) is 0 Å². The molecule has 0 bridgehead atoms. The molecule has 0 saturated carbocycles. The lowest BCUT2D eigenvalue weighted by atomic mass is 10.0. The van der Waals surface area contributed by atoms with Crippen molar-refractivity contribution in [1.29, 1.82) is 0 Å². The van der Waals surface area contributed by atoms with Gasteiger partial charge in [-0.25, -0.2) is 19.5 Å². The molecule has 14 heteroatoms. The summed E-state index contributed by atoms with van der Waals surface area (Å²) in [4.78, 5) is 43.7. The molecule has 1 saturated heterocycles. The van der Waals surface area contributed by atoms with Gasteiger partial charge in [-0.05, 0) is 6.42 Å². The summed E-state index contributed by atoms with van der Waals surface area (Å²) in [6, 6.07) is 0. The lowest BCUT2D eigenvalue weighted by Crippen LogP contribution is -2.34. The van der Waals surface area contributed by atoms with Crippen LogP contribution in [0.15, 0.2) is 12.7 Å². The van der Waals surface area contributed by atoms with E-state index in [-0.39, 0.29) is 22.9 Å². The van der Waals surface area contributed by atoms with Crippen LogP contribution < -0.4 is 5.32 Å². The fourth-order valence-electron chi connectivity index (χ4n) is 5.17. The smallest absolute Gasteiger partial charge is 0.394 e. The Morgan fingerprint density at radius 3 is 2.12 bits per heavy atom. The van der Waals surface area contributed by atoms with Crippen LogP contribution in [0, 0.1) is 0 Å². The number of rotatable bonds is 20. The summed E-state index contributed by atoms with van der Waals surface area (Å²) in [5.41, 5.74) is 0.434. The number of phosphoric ester groups is 1. The van der Waals surface area contributed by atoms with Gasteiger partial charge in [0.1, 0.15) is 24.6 Å². The zero-order valence-corrected chi connectivity index (χ0v) is 24.8. The summed E-state index contributed by atoms with van der Waals surface area (Å²) in [5, 5.41) is 22.6. The first-order valence-corrected chi connectivity index (χ1v) is 16.4. The minimum Gasteiger partial charge on any atom is -0.394 e. The minimum absolute atomic E-state index is 0.189. The van der Waals surface area contributed by atoms with Crippen molar-refractivity contribution in [3.8, 4) is 0 Å². The predicted octanol–water partition coefficient (Wildman–Crippen LogP) is 4.36. The molecule has 0 aliphatic carbocycles. The van der Waals surface area contributed by atoms with E-state index >= 15 is 0 Å². The van der Waals surface area contributed by atoms with Crippen molar-refractivity contribution in [2.45, 2.75) is 128 Å². The monoisotopic (exact) mass is 599 g/mol. The third-order valence-corrected chi connectivity index (χ3v) is 7.92. The Hall–Kier alpha value is -1.99. The number of nitrogens with one attached hydrogen (secondary N) is 1. The summed E-state index contributed by atoms with van der Waals surface area (Å²) in [6.45, 7) is 1.65. The molecule has 0 unspecified atom stereocenters. The Morgan fingerprint density at radius 1 is 0.976 bits per heavy atom. The molecule has 0 radical (unpaired) electrons. The number of aromatic nitrogens is 4. The number of nitrogens with zero attached hydrogens (tertiary/aromatic N) is 4. The molecule has 13 nitrogen and oxygen atoms in total. The van der Waals surface area contributed by atoms with E-state index in [0.717, 1.165) is 19.3 Å². The van der Waals surface area contributed by atoms with Gasteiger partial charge in [0.05, 0.1) is 12.9 Å². The number of ether oxygens (including phenoxy) is 1. The van der Waals surface area contributed by atoms with Gasteiger partial charge in [-0.3, -0.25) is 13.9 Å². The molecule has 4 atom stereocenters. The first kappa shape index (κ1) is 33.5. The number of aliphatic hydroxyl groups excluding tert-OH is 2. The number of hydrogen-bond acceptors (Lipinski definition) is 9. The van der Waals surface area contributed by atoms with E-state index in [1.807, 2.05) is 0 Å². The predicted molar refractivity (Wildman–Crippen MR) is 153 cm³/mol. The number of aliphatic hydroxyl groups is 2. The molecule has 3 heterocycles. The Bertz CT molecular complexity index is 1110. The molecule has 3 rings (SSSR count). The molecular formula is C27H46N5O8P. The first-order chi connectivity index (χ1) is 19.7. The zero-order valence-electron chi connectivity index (χ0n) is 23.9. The Kier molecular flexibility index (Phi) is 14.1. The highest BCUT2D eigenvalue weighted by atomic mass is 31.2. The summed E-state index contributed by atoms with van der Waals surface area (Å²) in [6.07, 6.45) is 14.8. The van der Waals surface area contributed by atoms with Crippen molar-refractivity contribution < 1.29 is 38.6 Å². The lowest BCUT2D eigenvalue weighted by molar-refractivity contribution is -0.116. The summed E-state index contributed by atoms with van der Waals surface area (Å²) < 4.78 is 23.1. The maximum absolute atomic E-state index is 12.6. The summed E-state index contributed by atoms with van der Waals surface area (Å²) in [7, 11) is -4.99. The van der Waals surface area contributed by atoms with Crippen LogP contribution in [0.25, 0.3) is 11.2 Å². The molecule has 2 aromatic rings. The van der Waals surface area contributed by atoms with E-state index in [4.69, 9.17) is 9.26 Å². The molecule has 1 aliphatic rings. The van der Waals surface area contributed by atoms with Crippen LogP contribution in [0.1, 0.15) is 109 Å². The van der Waals surface area contributed by atoms with Crippen molar-refractivity contribution in [3.63, 3.8) is 0 Å². The molecule has 5 N–H and O–H groups in total. The average molecular weight is 600 g/mol. The van der Waals surface area contributed by atoms with Crippen molar-refractivity contribution in [1.82, 2.24) is 19.5 Å². The van der Waals surface area contributed by atoms with E-state index < -0.39 is 39.0 Å². The van der Waals surface area contributed by atoms with E-state index in [1.165, 1.54) is 87.9 Å². The van der Waals surface area contributed by atoms with E-state index in [9.17, 15) is 29.4 Å². The van der Waals surface area contributed by atoms with Crippen molar-refractivity contribution in [2.24, 2.45) is 0 Å². The molecule has 1 amide bonds. The number of hydrogen-bond donors (Lipinski definition) is 5. The van der Waals surface area contributed by atoms with Crippen molar-refractivity contribution >= 4 is 30.7 Å². The minimum atomic E-state index is -4.99. The second kappa shape index (κ2) is 17.2. The van der Waals surface area contributed by atoms with Crippen molar-refractivity contribution in [3.05, 3.63) is 12.7 Å². The highest BCUT2D eigenvalue weighted by Gasteiger charge is 2.48. The number of imidazole rings is 1. The second-order valence-electron chi connectivity index (χ2n) is 10.7. The first-order valence-electron chi connectivity index (χ1n) is 14.9. The highest BCUT2D eigenvalue weighted by Crippen LogP contribution is 2.45. The van der Waals surface area contributed by atoms with E-state index in [2.05, 4.69) is 27.2 Å². The number of carbonyl (C=O) groups is 1. The largest absolute Gasteiger partial charge is 0.470 e. The van der Waals surface area contributed by atoms with Gasteiger partial charge in [-0.15, -0.1) is 0 Å². The Morgan fingerprint density at radius 2 is 1.56 bits per heavy atom. The van der Waals surface area contributed by atoms with Gasteiger partial charge >= 0.3 is 7.82 Å². The third-order valence-electron chi connectivity index (χ3n) is 7.40. The van der Waals surface area contributed by atoms with Crippen LogP contribution in [0.4, 0.5) is 5.82 Å². The molecule has 41 heavy (non-hydrogen) atoms. The van der Waals surface area contributed by atoms with Gasteiger partial charge in [0.25, 0.3) is 0 Å². The molecule has 232 valence electrons. The zero-order chi connectivity index (χ0) is 29.7. The number of fused-ring (bicyclic) bond motifs is 1. The molecule has 0 aromatic carbocycles. The quantitative estimate of drug-likeness (QED) is 0.107. The number of carbonyl (C=O) groups excluding carboxylic acids is 1. The van der Waals surface area contributed by atoms with Gasteiger partial charge in [0, 0.05) is 6.42 Å². The Labute approximate surface area is 241 Å². The Balaban J connectivity index is 1.41. The molecule has 2 aromatic heterocycles. The van der Waals surface area contributed by atoms with Gasteiger partial charge in [-0.2, -0.15) is 0 Å². The maximum atomic E-state index is 12.6. The van der Waals surface area contributed by atoms with E-state index in [0.29, 0.717) is 6.42 Å². The third kappa shape index (κ3) is 10.7. The summed E-state index contributed by atoms with van der Waals surface area (Å²) in [5.74, 6) is -0.0112. The van der Waals surface area contributed by atoms with Gasteiger partial charge in [0.2, 0.25) is 5.91 Å². The fourth-order valence-corrected chi connectivity index (χ4v) is 5.72. The molecule has 0 spiro atoms. The van der Waals surface area contributed by atoms with Gasteiger partial charge in [-0.1, -0.05) is 90.4 Å². The highest BCUT2D eigenvalue weighted by molar-refractivity contribution is 7.46. The second-order valence-corrected chi connectivity index (χ2v) is 11.9. The van der Waals surface area contributed by atoms with Crippen LogP contribution in [0.2, 0.25) is 0 Å². The fraction of sp³-hybridized carbons (Fsp3) is 0.778. The van der Waals surface area contributed by atoms with Gasteiger partial charge in [0.15, 0.2) is 23.2 Å². The standard InChI is InChI=1S/C27H46N5O8P/c1-2-3-4-5-6-7-8-9-10-11-12-13-14-15-16-21(34)31-25-22-26(29-18-28-25)32(19-30-22)27-24(40-41(36,37)38)23(35)20(17-33)39-27/h18-20,23-24,27,33,35H,2-17H2,1H3,(H2,36,37,38)(H,28,29,31,34)/t20-,23-,24-,27-/m1/s1. The number of anilines is 1. The molecule has 1 aliphatic heterocycles. The van der Waals surface area contributed by atoms with Crippen LogP contribution in [-0.4, -0.2) is 70.3 Å². The summed E-state index contributed by atoms with van der Waals surface area (Å²) >= 11 is 0. The number of amides is 1. The molecular weight excluding hydrogens is 553 g/mol. The van der Waals surface area contributed by atoms with Crippen LogP contribution in [-0.2, 0) is 18.6 Å². The van der Waals surface area contributed by atoms with Gasteiger partial charge < -0.3 is 30.1 Å². The molecule has 1 fully saturated rings. The lowest BCUT2D eigenvalue weighted by Gasteiger charge is -2.22. The SMILES string of the molecule is CCCCCCCCCCCCCCCCC(=O)Nc1ncnc2c1ncn2[C@@H]1O[C@H](CO)[C@@H](O)[C@H]1OP(=O)(O)O. The number of phosphoric acid groups is 1. The van der Waals surface area contributed by atoms with Crippen LogP contribution >= 0.6 is 7.82 Å². The normalized spacial score (nSPS) is 21.1. The van der Waals surface area contributed by atoms with Crippen LogP contribution in [0.3, 0.4) is 0 Å². The topological polar surface area (TPSA) is 189 Å². The average Bonchev–Trinajstić information content (AvgIpc) is 3.49. The van der Waals surface area contributed by atoms with Crippen molar-refractivity contribution in [2.75, 3.05) is 11.9 Å². The number of unbranched alkanes of at least 4 members (excludes halogenated alkanes) is 13.